The SMILES string of the molecule is CCC[C@H]1[C@@H](O)CC[C@@]23CCCN2C(=O)CCC[C@@H]13.CCC[C@H]1[C@@H](O)CC[C@@]23CCCN2C(=O)CCC[C@@H]13. The van der Waals surface area contributed by atoms with E-state index in [2.05, 4.69) is 23.6 Å². The van der Waals surface area contributed by atoms with Crippen LogP contribution < -0.4 is 0 Å². The molecule has 8 atom stereocenters. The molecule has 6 fully saturated rings. The fraction of sp³-hybridized carbons (Fsp3) is 0.938. The number of aliphatic hydroxyl groups is 2. The van der Waals surface area contributed by atoms with Crippen LogP contribution in [0.4, 0.5) is 0 Å². The molecule has 0 unspecified atom stereocenters. The van der Waals surface area contributed by atoms with Crippen LogP contribution in [0, 0.1) is 23.7 Å². The Morgan fingerprint density at radius 1 is 0.658 bits per heavy atom. The Labute approximate surface area is 230 Å². The molecule has 6 heteroatoms. The summed E-state index contributed by atoms with van der Waals surface area (Å²) in [6.45, 7) is 6.35. The number of rotatable bonds is 4. The summed E-state index contributed by atoms with van der Waals surface area (Å²) in [5, 5.41) is 20.8. The van der Waals surface area contributed by atoms with Crippen LogP contribution in [0.15, 0.2) is 0 Å². The monoisotopic (exact) mass is 530 g/mol. The highest BCUT2D eigenvalue weighted by Crippen LogP contribution is 2.54. The van der Waals surface area contributed by atoms with E-state index in [0.717, 1.165) is 116 Å². The van der Waals surface area contributed by atoms with Crippen molar-refractivity contribution in [3.05, 3.63) is 0 Å². The smallest absolute Gasteiger partial charge is 0.223 e. The van der Waals surface area contributed by atoms with E-state index in [4.69, 9.17) is 0 Å². The molecule has 4 heterocycles. The second-order valence-corrected chi connectivity index (χ2v) is 13.6. The van der Waals surface area contributed by atoms with E-state index in [1.54, 1.807) is 0 Å². The van der Waals surface area contributed by atoms with Crippen LogP contribution in [0.1, 0.15) is 129 Å². The zero-order valence-electron chi connectivity index (χ0n) is 24.2. The van der Waals surface area contributed by atoms with E-state index in [9.17, 15) is 19.8 Å². The van der Waals surface area contributed by atoms with E-state index in [0.29, 0.717) is 35.5 Å². The number of carbonyl (C=O) groups excluding carboxylic acids is 2. The Bertz CT molecular complexity index is 781. The molecule has 38 heavy (non-hydrogen) atoms. The Balaban J connectivity index is 0.000000155. The number of aliphatic hydroxyl groups excluding tert-OH is 2. The van der Waals surface area contributed by atoms with Crippen molar-refractivity contribution < 1.29 is 19.8 Å². The van der Waals surface area contributed by atoms with Gasteiger partial charge >= 0.3 is 0 Å². The lowest BCUT2D eigenvalue weighted by atomic mass is 9.62. The van der Waals surface area contributed by atoms with Gasteiger partial charge in [0.15, 0.2) is 0 Å². The lowest BCUT2D eigenvalue weighted by Gasteiger charge is -2.51. The molecule has 216 valence electrons. The summed E-state index contributed by atoms with van der Waals surface area (Å²) in [4.78, 5) is 29.2. The molecule has 6 nitrogen and oxygen atoms in total. The van der Waals surface area contributed by atoms with Gasteiger partial charge in [-0.3, -0.25) is 9.59 Å². The van der Waals surface area contributed by atoms with Gasteiger partial charge in [-0.1, -0.05) is 26.7 Å². The van der Waals surface area contributed by atoms with Crippen LogP contribution in [-0.4, -0.2) is 68.2 Å². The van der Waals surface area contributed by atoms with Crippen molar-refractivity contribution in [2.75, 3.05) is 13.1 Å². The minimum atomic E-state index is -0.133. The van der Waals surface area contributed by atoms with Crippen molar-refractivity contribution in [1.82, 2.24) is 9.80 Å². The molecule has 2 spiro atoms. The Morgan fingerprint density at radius 2 is 1.08 bits per heavy atom. The second-order valence-electron chi connectivity index (χ2n) is 13.6. The second kappa shape index (κ2) is 11.8. The largest absolute Gasteiger partial charge is 0.393 e. The molecule has 2 amide bonds. The van der Waals surface area contributed by atoms with Gasteiger partial charge in [0.1, 0.15) is 0 Å². The molecular formula is C32H54N2O4. The zero-order valence-corrected chi connectivity index (χ0v) is 24.2. The first-order valence-corrected chi connectivity index (χ1v) is 16.3. The quantitative estimate of drug-likeness (QED) is 0.507. The lowest BCUT2D eigenvalue weighted by Crippen LogP contribution is -2.57. The minimum absolute atomic E-state index is 0.118. The summed E-state index contributed by atoms with van der Waals surface area (Å²) < 4.78 is 0. The maximum atomic E-state index is 12.4. The predicted octanol–water partition coefficient (Wildman–Crippen LogP) is 5.44. The highest BCUT2D eigenvalue weighted by Gasteiger charge is 2.56. The highest BCUT2D eigenvalue weighted by atomic mass is 16.3. The van der Waals surface area contributed by atoms with Gasteiger partial charge < -0.3 is 20.0 Å². The van der Waals surface area contributed by atoms with Crippen molar-refractivity contribution in [2.24, 2.45) is 23.7 Å². The van der Waals surface area contributed by atoms with Gasteiger partial charge in [0, 0.05) is 37.0 Å². The fourth-order valence-electron chi connectivity index (χ4n) is 10.4. The van der Waals surface area contributed by atoms with Crippen LogP contribution in [0.25, 0.3) is 0 Å². The van der Waals surface area contributed by atoms with Crippen LogP contribution >= 0.6 is 0 Å². The van der Waals surface area contributed by atoms with E-state index in [1.807, 2.05) is 0 Å². The van der Waals surface area contributed by atoms with E-state index < -0.39 is 0 Å². The van der Waals surface area contributed by atoms with Crippen molar-refractivity contribution in [2.45, 2.75) is 153 Å². The molecule has 4 saturated heterocycles. The van der Waals surface area contributed by atoms with Crippen molar-refractivity contribution >= 4 is 11.8 Å². The van der Waals surface area contributed by atoms with Crippen molar-refractivity contribution in [3.8, 4) is 0 Å². The van der Waals surface area contributed by atoms with Crippen molar-refractivity contribution in [1.29, 1.82) is 0 Å². The molecule has 2 N–H and O–H groups in total. The first-order chi connectivity index (χ1) is 18.4. The molecular weight excluding hydrogens is 476 g/mol. The Hall–Kier alpha value is -1.14. The molecule has 2 saturated carbocycles. The normalized spacial score (nSPS) is 42.7. The van der Waals surface area contributed by atoms with Gasteiger partial charge in [-0.2, -0.15) is 0 Å². The van der Waals surface area contributed by atoms with Gasteiger partial charge in [0.05, 0.1) is 12.2 Å². The fourth-order valence-corrected chi connectivity index (χ4v) is 10.4. The molecule has 6 rings (SSSR count). The van der Waals surface area contributed by atoms with Gasteiger partial charge in [-0.05, 0) is 114 Å². The molecule has 0 aromatic heterocycles. The third kappa shape index (κ3) is 4.84. The number of carbonyl (C=O) groups is 2. The summed E-state index contributed by atoms with van der Waals surface area (Å²) in [6, 6.07) is 0. The number of hydrogen-bond acceptors (Lipinski definition) is 4. The first-order valence-electron chi connectivity index (χ1n) is 16.3. The molecule has 0 radical (unpaired) electrons. The Kier molecular flexibility index (Phi) is 8.79. The molecule has 6 aliphatic rings. The highest BCUT2D eigenvalue weighted by molar-refractivity contribution is 5.78. The molecule has 4 aliphatic heterocycles. The van der Waals surface area contributed by atoms with Crippen LogP contribution in [0.3, 0.4) is 0 Å². The van der Waals surface area contributed by atoms with E-state index in [1.165, 1.54) is 12.8 Å². The standard InChI is InChI=1S/2C16H27NO2/c2*1-2-5-12-13-6-3-7-15(19)17-11-4-9-16(13,17)10-8-14(12)18/h2*12-14,18H,2-11H2,1H3/t2*12-,13+,14+,16-/m11/s1. The van der Waals surface area contributed by atoms with Gasteiger partial charge in [-0.15, -0.1) is 0 Å². The van der Waals surface area contributed by atoms with Crippen molar-refractivity contribution in [3.63, 3.8) is 0 Å². The number of hydrogen-bond donors (Lipinski definition) is 2. The predicted molar refractivity (Wildman–Crippen MR) is 149 cm³/mol. The van der Waals surface area contributed by atoms with Crippen LogP contribution in [0.2, 0.25) is 0 Å². The number of nitrogens with zero attached hydrogens (tertiary/aromatic N) is 2. The van der Waals surface area contributed by atoms with Gasteiger partial charge in [-0.25, -0.2) is 0 Å². The summed E-state index contributed by atoms with van der Waals surface area (Å²) in [6.07, 6.45) is 18.6. The van der Waals surface area contributed by atoms with Crippen LogP contribution in [0.5, 0.6) is 0 Å². The third-order valence-electron chi connectivity index (χ3n) is 11.9. The average Bonchev–Trinajstić information content (AvgIpc) is 3.46. The lowest BCUT2D eigenvalue weighted by molar-refractivity contribution is -0.141. The minimum Gasteiger partial charge on any atom is -0.393 e. The number of amides is 2. The molecule has 0 aromatic rings. The third-order valence-corrected chi connectivity index (χ3v) is 11.9. The first kappa shape index (κ1) is 28.4. The Morgan fingerprint density at radius 3 is 1.47 bits per heavy atom. The average molecular weight is 531 g/mol. The summed E-state index contributed by atoms with van der Waals surface area (Å²) in [7, 11) is 0. The molecule has 0 bridgehead atoms. The molecule has 0 aromatic carbocycles. The zero-order chi connectivity index (χ0) is 26.9. The van der Waals surface area contributed by atoms with E-state index in [-0.39, 0.29) is 23.3 Å². The maximum absolute atomic E-state index is 12.4. The molecule has 2 aliphatic carbocycles. The summed E-state index contributed by atoms with van der Waals surface area (Å²) >= 11 is 0. The van der Waals surface area contributed by atoms with Gasteiger partial charge in [0.2, 0.25) is 11.8 Å². The van der Waals surface area contributed by atoms with Gasteiger partial charge in [0.25, 0.3) is 0 Å². The topological polar surface area (TPSA) is 81.1 Å². The summed E-state index contributed by atoms with van der Waals surface area (Å²) in [5.41, 5.74) is 0.235. The van der Waals surface area contributed by atoms with E-state index >= 15 is 0 Å². The maximum Gasteiger partial charge on any atom is 0.223 e. The summed E-state index contributed by atoms with van der Waals surface area (Å²) in [5.74, 6) is 2.70. The van der Waals surface area contributed by atoms with Crippen LogP contribution in [-0.2, 0) is 9.59 Å².